The lowest BCUT2D eigenvalue weighted by Crippen LogP contribution is -2.41. The predicted molar refractivity (Wildman–Crippen MR) is 113 cm³/mol. The van der Waals surface area contributed by atoms with Gasteiger partial charge in [0.2, 0.25) is 0 Å². The number of para-hydroxylation sites is 1. The highest BCUT2D eigenvalue weighted by Gasteiger charge is 2.33. The molecule has 1 aromatic carbocycles. The Labute approximate surface area is 177 Å². The van der Waals surface area contributed by atoms with Crippen LogP contribution in [0.4, 0.5) is 13.2 Å². The van der Waals surface area contributed by atoms with E-state index in [2.05, 4.69) is 15.2 Å². The molecule has 1 atom stereocenters. The van der Waals surface area contributed by atoms with Crippen molar-refractivity contribution in [3.63, 3.8) is 0 Å². The molecule has 3 rings (SSSR count). The number of hydrogen-bond donors (Lipinski definition) is 1. The number of rotatable bonds is 9. The largest absolute Gasteiger partial charge is 0.493 e. The van der Waals surface area contributed by atoms with Crippen molar-refractivity contribution in [1.82, 2.24) is 15.1 Å². The standard InChI is InChI=1S/C22H33F3N4O/c1-3-28(16-22(23,24)25)13-18-10-11-29(14-18)21(26-2)27-12-19-6-4-5-7-20(19)30-15-17-8-9-17/h4-7,17-18H,3,8-16H2,1-2H3,(H,26,27). The third kappa shape index (κ3) is 7.07. The first kappa shape index (κ1) is 22.7. The number of aliphatic imine (C=N–C) groups is 1. The Morgan fingerprint density at radius 3 is 2.67 bits per heavy atom. The monoisotopic (exact) mass is 426 g/mol. The van der Waals surface area contributed by atoms with Gasteiger partial charge < -0.3 is 15.0 Å². The van der Waals surface area contributed by atoms with Crippen molar-refractivity contribution in [2.75, 3.05) is 46.4 Å². The minimum atomic E-state index is -4.15. The van der Waals surface area contributed by atoms with Gasteiger partial charge in [-0.15, -0.1) is 0 Å². The summed E-state index contributed by atoms with van der Waals surface area (Å²) in [6.45, 7) is 4.69. The van der Waals surface area contributed by atoms with Crippen LogP contribution in [0.2, 0.25) is 0 Å². The van der Waals surface area contributed by atoms with Crippen molar-refractivity contribution in [1.29, 1.82) is 0 Å². The van der Waals surface area contributed by atoms with Crippen molar-refractivity contribution in [3.8, 4) is 5.75 Å². The fourth-order valence-electron chi connectivity index (χ4n) is 3.89. The van der Waals surface area contributed by atoms with Crippen LogP contribution >= 0.6 is 0 Å². The van der Waals surface area contributed by atoms with Crippen molar-refractivity contribution < 1.29 is 17.9 Å². The number of likely N-dealkylation sites (tertiary alicyclic amines) is 1. The second kappa shape index (κ2) is 10.4. The molecule has 1 aromatic rings. The first-order valence-electron chi connectivity index (χ1n) is 10.8. The van der Waals surface area contributed by atoms with Gasteiger partial charge in [0.15, 0.2) is 5.96 Å². The zero-order chi connectivity index (χ0) is 21.6. The van der Waals surface area contributed by atoms with Crippen LogP contribution in [0.15, 0.2) is 29.3 Å². The van der Waals surface area contributed by atoms with Gasteiger partial charge in [-0.3, -0.25) is 9.89 Å². The Morgan fingerprint density at radius 1 is 1.23 bits per heavy atom. The van der Waals surface area contributed by atoms with E-state index in [1.165, 1.54) is 17.7 Å². The molecule has 1 N–H and O–H groups in total. The third-order valence-electron chi connectivity index (χ3n) is 5.74. The van der Waals surface area contributed by atoms with E-state index in [9.17, 15) is 13.2 Å². The Morgan fingerprint density at radius 2 is 2.00 bits per heavy atom. The topological polar surface area (TPSA) is 40.1 Å². The molecule has 168 valence electrons. The molecule has 8 heteroatoms. The molecule has 0 spiro atoms. The van der Waals surface area contributed by atoms with Crippen LogP contribution in [-0.4, -0.2) is 68.3 Å². The Bertz CT molecular complexity index is 706. The Hall–Kier alpha value is -1.96. The fourth-order valence-corrected chi connectivity index (χ4v) is 3.89. The number of halogens is 3. The molecule has 1 heterocycles. The molecule has 30 heavy (non-hydrogen) atoms. The number of ether oxygens (including phenoxy) is 1. The summed E-state index contributed by atoms with van der Waals surface area (Å²) in [4.78, 5) is 8.01. The Kier molecular flexibility index (Phi) is 7.86. The van der Waals surface area contributed by atoms with Gasteiger partial charge in [-0.2, -0.15) is 13.2 Å². The lowest BCUT2D eigenvalue weighted by Gasteiger charge is -2.26. The van der Waals surface area contributed by atoms with Gasteiger partial charge in [0, 0.05) is 38.8 Å². The predicted octanol–water partition coefficient (Wildman–Crippen LogP) is 3.76. The zero-order valence-corrected chi connectivity index (χ0v) is 17.9. The summed E-state index contributed by atoms with van der Waals surface area (Å²) in [6, 6.07) is 8.02. The Balaban J connectivity index is 1.50. The normalized spacial score (nSPS) is 20.1. The van der Waals surface area contributed by atoms with E-state index in [1.54, 1.807) is 14.0 Å². The van der Waals surface area contributed by atoms with Crippen LogP contribution in [0.25, 0.3) is 0 Å². The molecular formula is C22H33F3N4O. The molecule has 0 amide bonds. The lowest BCUT2D eigenvalue weighted by atomic mass is 10.1. The van der Waals surface area contributed by atoms with E-state index in [4.69, 9.17) is 4.74 Å². The average Bonchev–Trinajstić information content (AvgIpc) is 3.43. The average molecular weight is 427 g/mol. The van der Waals surface area contributed by atoms with Crippen molar-refractivity contribution >= 4 is 5.96 Å². The summed E-state index contributed by atoms with van der Waals surface area (Å²) in [5.74, 6) is 2.59. The lowest BCUT2D eigenvalue weighted by molar-refractivity contribution is -0.146. The van der Waals surface area contributed by atoms with Gasteiger partial charge in [0.1, 0.15) is 5.75 Å². The third-order valence-corrected chi connectivity index (χ3v) is 5.74. The van der Waals surface area contributed by atoms with Crippen LogP contribution in [-0.2, 0) is 6.54 Å². The minimum Gasteiger partial charge on any atom is -0.493 e. The number of nitrogens with one attached hydrogen (secondary N) is 1. The highest BCUT2D eigenvalue weighted by atomic mass is 19.4. The summed E-state index contributed by atoms with van der Waals surface area (Å²) in [6.07, 6.45) is -0.778. The van der Waals surface area contributed by atoms with Gasteiger partial charge in [0.05, 0.1) is 13.2 Å². The minimum absolute atomic E-state index is 0.208. The van der Waals surface area contributed by atoms with E-state index in [0.717, 1.165) is 36.8 Å². The molecule has 1 aliphatic carbocycles. The molecule has 1 unspecified atom stereocenters. The number of guanidine groups is 1. The number of benzene rings is 1. The molecule has 0 aromatic heterocycles. The van der Waals surface area contributed by atoms with Crippen molar-refractivity contribution in [2.24, 2.45) is 16.8 Å². The molecule has 1 saturated carbocycles. The van der Waals surface area contributed by atoms with Gasteiger partial charge >= 0.3 is 6.18 Å². The number of nitrogens with zero attached hydrogens (tertiary/aromatic N) is 3. The quantitative estimate of drug-likeness (QED) is 0.482. The zero-order valence-electron chi connectivity index (χ0n) is 17.9. The smallest absolute Gasteiger partial charge is 0.401 e. The second-order valence-corrected chi connectivity index (χ2v) is 8.31. The SMILES string of the molecule is CCN(CC1CCN(C(=NC)NCc2ccccc2OCC2CC2)C1)CC(F)(F)F. The van der Waals surface area contributed by atoms with E-state index in [0.29, 0.717) is 32.1 Å². The van der Waals surface area contributed by atoms with E-state index < -0.39 is 12.7 Å². The van der Waals surface area contributed by atoms with Crippen LogP contribution < -0.4 is 10.1 Å². The summed E-state index contributed by atoms with van der Waals surface area (Å²) in [5, 5.41) is 3.40. The highest BCUT2D eigenvalue weighted by Crippen LogP contribution is 2.30. The van der Waals surface area contributed by atoms with Gasteiger partial charge in [0.25, 0.3) is 0 Å². The maximum absolute atomic E-state index is 12.7. The van der Waals surface area contributed by atoms with E-state index >= 15 is 0 Å². The summed E-state index contributed by atoms with van der Waals surface area (Å²) in [5.41, 5.74) is 1.08. The number of hydrogen-bond acceptors (Lipinski definition) is 3. The molecule has 1 saturated heterocycles. The van der Waals surface area contributed by atoms with Crippen LogP contribution in [0.5, 0.6) is 5.75 Å². The first-order chi connectivity index (χ1) is 14.4. The molecule has 0 radical (unpaired) electrons. The van der Waals surface area contributed by atoms with Crippen LogP contribution in [0.3, 0.4) is 0 Å². The molecular weight excluding hydrogens is 393 g/mol. The summed E-state index contributed by atoms with van der Waals surface area (Å²) < 4.78 is 44.2. The van der Waals surface area contributed by atoms with E-state index in [1.807, 2.05) is 24.3 Å². The van der Waals surface area contributed by atoms with Crippen molar-refractivity contribution in [3.05, 3.63) is 29.8 Å². The molecule has 0 bridgehead atoms. The second-order valence-electron chi connectivity index (χ2n) is 8.31. The van der Waals surface area contributed by atoms with Crippen LogP contribution in [0.1, 0.15) is 31.7 Å². The molecule has 2 fully saturated rings. The van der Waals surface area contributed by atoms with Gasteiger partial charge in [-0.1, -0.05) is 25.1 Å². The maximum Gasteiger partial charge on any atom is 0.401 e. The maximum atomic E-state index is 12.7. The molecule has 2 aliphatic rings. The summed E-state index contributed by atoms with van der Waals surface area (Å²) >= 11 is 0. The van der Waals surface area contributed by atoms with E-state index in [-0.39, 0.29) is 5.92 Å². The van der Waals surface area contributed by atoms with Gasteiger partial charge in [-0.25, -0.2) is 0 Å². The molecule has 1 aliphatic heterocycles. The fraction of sp³-hybridized carbons (Fsp3) is 0.682. The van der Waals surface area contributed by atoms with Crippen molar-refractivity contribution in [2.45, 2.75) is 38.9 Å². The number of alkyl halides is 3. The van der Waals surface area contributed by atoms with Crippen LogP contribution in [0, 0.1) is 11.8 Å². The van der Waals surface area contributed by atoms with Gasteiger partial charge in [-0.05, 0) is 43.7 Å². The first-order valence-corrected chi connectivity index (χ1v) is 10.8. The molecule has 5 nitrogen and oxygen atoms in total. The summed E-state index contributed by atoms with van der Waals surface area (Å²) in [7, 11) is 1.74. The highest BCUT2D eigenvalue weighted by molar-refractivity contribution is 5.80.